The average Bonchev–Trinajstić information content (AvgIpc) is 2.18. The summed E-state index contributed by atoms with van der Waals surface area (Å²) in [5.41, 5.74) is 0.963. The highest BCUT2D eigenvalue weighted by Crippen LogP contribution is 2.27. The first-order valence-electron chi connectivity index (χ1n) is 4.49. The van der Waals surface area contributed by atoms with Crippen LogP contribution in [0.15, 0.2) is 0 Å². The second-order valence-corrected chi connectivity index (χ2v) is 3.38. The van der Waals surface area contributed by atoms with Crippen LogP contribution in [0.2, 0.25) is 5.15 Å². The molecule has 0 saturated heterocycles. The van der Waals surface area contributed by atoms with Gasteiger partial charge in [-0.25, -0.2) is 4.98 Å². The van der Waals surface area contributed by atoms with Gasteiger partial charge in [-0.05, 0) is 12.8 Å². The van der Waals surface area contributed by atoms with Crippen LogP contribution in [0, 0.1) is 0 Å². The number of hydrogen-bond donors (Lipinski definition) is 0. The number of nitrogens with zero attached hydrogens (tertiary/aromatic N) is 2. The molecule has 0 unspecified atom stereocenters. The van der Waals surface area contributed by atoms with Gasteiger partial charge in [0.05, 0.1) is 12.2 Å². The normalized spacial score (nSPS) is 14.9. The zero-order chi connectivity index (χ0) is 9.26. The fourth-order valence-corrected chi connectivity index (χ4v) is 1.66. The zero-order valence-electron chi connectivity index (χ0n) is 7.51. The Morgan fingerprint density at radius 3 is 3.08 bits per heavy atom. The summed E-state index contributed by atoms with van der Waals surface area (Å²) in [6.45, 7) is 2.74. The minimum atomic E-state index is 0.557. The SMILES string of the molecule is CCc1nc(Cl)c2c(n1)OCCC2. The Hall–Kier alpha value is -0.830. The Morgan fingerprint density at radius 2 is 2.31 bits per heavy atom. The molecule has 70 valence electrons. The summed E-state index contributed by atoms with van der Waals surface area (Å²) < 4.78 is 5.41. The number of fused-ring (bicyclic) bond motifs is 1. The van der Waals surface area contributed by atoms with Crippen LogP contribution in [0.1, 0.15) is 24.7 Å². The second kappa shape index (κ2) is 3.50. The van der Waals surface area contributed by atoms with Gasteiger partial charge in [0.15, 0.2) is 0 Å². The molecule has 0 atom stereocenters. The van der Waals surface area contributed by atoms with Crippen LogP contribution in [-0.2, 0) is 12.8 Å². The number of halogens is 1. The maximum Gasteiger partial charge on any atom is 0.221 e. The minimum Gasteiger partial charge on any atom is -0.477 e. The van der Waals surface area contributed by atoms with Crippen LogP contribution in [0.4, 0.5) is 0 Å². The molecule has 0 saturated carbocycles. The third-order valence-corrected chi connectivity index (χ3v) is 2.40. The number of hydrogen-bond acceptors (Lipinski definition) is 3. The van der Waals surface area contributed by atoms with Crippen LogP contribution >= 0.6 is 11.6 Å². The van der Waals surface area contributed by atoms with Crippen molar-refractivity contribution < 1.29 is 4.74 Å². The van der Waals surface area contributed by atoms with Gasteiger partial charge < -0.3 is 4.74 Å². The van der Waals surface area contributed by atoms with Gasteiger partial charge in [0, 0.05) is 6.42 Å². The van der Waals surface area contributed by atoms with E-state index in [1.54, 1.807) is 0 Å². The van der Waals surface area contributed by atoms with Crippen LogP contribution in [0.3, 0.4) is 0 Å². The van der Waals surface area contributed by atoms with E-state index in [2.05, 4.69) is 9.97 Å². The monoisotopic (exact) mass is 198 g/mol. The van der Waals surface area contributed by atoms with Crippen molar-refractivity contribution in [1.29, 1.82) is 0 Å². The summed E-state index contributed by atoms with van der Waals surface area (Å²) in [6, 6.07) is 0. The van der Waals surface area contributed by atoms with E-state index in [1.165, 1.54) is 0 Å². The topological polar surface area (TPSA) is 35.0 Å². The van der Waals surface area contributed by atoms with Crippen molar-refractivity contribution >= 4 is 11.6 Å². The smallest absolute Gasteiger partial charge is 0.221 e. The Bertz CT molecular complexity index is 328. The summed E-state index contributed by atoms with van der Waals surface area (Å²) in [6.07, 6.45) is 2.72. The number of aryl methyl sites for hydroxylation is 1. The highest BCUT2D eigenvalue weighted by atomic mass is 35.5. The van der Waals surface area contributed by atoms with Gasteiger partial charge in [-0.1, -0.05) is 18.5 Å². The van der Waals surface area contributed by atoms with E-state index in [0.29, 0.717) is 11.0 Å². The first-order chi connectivity index (χ1) is 6.31. The predicted molar refractivity (Wildman–Crippen MR) is 50.2 cm³/mol. The molecule has 3 nitrogen and oxygen atoms in total. The van der Waals surface area contributed by atoms with Gasteiger partial charge in [0.2, 0.25) is 5.88 Å². The van der Waals surface area contributed by atoms with E-state index < -0.39 is 0 Å². The Labute approximate surface area is 82.1 Å². The standard InChI is InChI=1S/C9H11ClN2O/c1-2-7-11-8(10)6-4-3-5-13-9(6)12-7/h2-5H2,1H3. The number of ether oxygens (including phenoxy) is 1. The molecule has 13 heavy (non-hydrogen) atoms. The quantitative estimate of drug-likeness (QED) is 0.648. The molecule has 2 heterocycles. The summed E-state index contributed by atoms with van der Waals surface area (Å²) in [7, 11) is 0. The molecule has 0 radical (unpaired) electrons. The lowest BCUT2D eigenvalue weighted by atomic mass is 10.1. The van der Waals surface area contributed by atoms with Gasteiger partial charge in [0.1, 0.15) is 11.0 Å². The van der Waals surface area contributed by atoms with E-state index in [4.69, 9.17) is 16.3 Å². The molecule has 0 aromatic carbocycles. The molecule has 0 amide bonds. The number of aromatic nitrogens is 2. The van der Waals surface area contributed by atoms with Crippen LogP contribution in [-0.4, -0.2) is 16.6 Å². The van der Waals surface area contributed by atoms with Gasteiger partial charge in [-0.15, -0.1) is 0 Å². The van der Waals surface area contributed by atoms with Crippen molar-refractivity contribution in [3.05, 3.63) is 16.5 Å². The lowest BCUT2D eigenvalue weighted by Crippen LogP contribution is -2.12. The molecular formula is C9H11ClN2O. The largest absolute Gasteiger partial charge is 0.477 e. The third kappa shape index (κ3) is 1.61. The highest BCUT2D eigenvalue weighted by Gasteiger charge is 2.17. The minimum absolute atomic E-state index is 0.557. The van der Waals surface area contributed by atoms with E-state index >= 15 is 0 Å². The Morgan fingerprint density at radius 1 is 1.46 bits per heavy atom. The summed E-state index contributed by atoms with van der Waals surface area (Å²) in [5, 5.41) is 0.557. The van der Waals surface area contributed by atoms with Gasteiger partial charge in [-0.2, -0.15) is 4.98 Å². The molecule has 0 spiro atoms. The van der Waals surface area contributed by atoms with Gasteiger partial charge >= 0.3 is 0 Å². The first-order valence-corrected chi connectivity index (χ1v) is 4.87. The van der Waals surface area contributed by atoms with Crippen molar-refractivity contribution in [1.82, 2.24) is 9.97 Å². The maximum absolute atomic E-state index is 5.99. The fraction of sp³-hybridized carbons (Fsp3) is 0.556. The zero-order valence-corrected chi connectivity index (χ0v) is 8.26. The van der Waals surface area contributed by atoms with E-state index in [9.17, 15) is 0 Å². The fourth-order valence-electron chi connectivity index (χ4n) is 1.38. The molecule has 0 N–H and O–H groups in total. The first kappa shape index (κ1) is 8.75. The molecule has 2 rings (SSSR count). The number of rotatable bonds is 1. The summed E-state index contributed by atoms with van der Waals surface area (Å²) >= 11 is 5.99. The van der Waals surface area contributed by atoms with Crippen molar-refractivity contribution in [2.75, 3.05) is 6.61 Å². The molecular weight excluding hydrogens is 188 g/mol. The molecule has 0 fully saturated rings. The molecule has 1 aliphatic rings. The maximum atomic E-state index is 5.99. The summed E-state index contributed by atoms with van der Waals surface area (Å²) in [5.74, 6) is 1.44. The molecule has 0 bridgehead atoms. The van der Waals surface area contributed by atoms with Crippen molar-refractivity contribution in [3.8, 4) is 5.88 Å². The van der Waals surface area contributed by atoms with Gasteiger partial charge in [-0.3, -0.25) is 0 Å². The summed E-state index contributed by atoms with van der Waals surface area (Å²) in [4.78, 5) is 8.45. The van der Waals surface area contributed by atoms with Crippen molar-refractivity contribution in [3.63, 3.8) is 0 Å². The molecule has 1 aliphatic heterocycles. The average molecular weight is 199 g/mol. The Balaban J connectivity index is 2.47. The Kier molecular flexibility index (Phi) is 2.36. The van der Waals surface area contributed by atoms with Crippen molar-refractivity contribution in [2.45, 2.75) is 26.2 Å². The van der Waals surface area contributed by atoms with Crippen LogP contribution < -0.4 is 4.74 Å². The molecule has 4 heteroatoms. The van der Waals surface area contributed by atoms with Crippen molar-refractivity contribution in [2.24, 2.45) is 0 Å². The van der Waals surface area contributed by atoms with E-state index in [-0.39, 0.29) is 0 Å². The molecule has 1 aromatic heterocycles. The lowest BCUT2D eigenvalue weighted by Gasteiger charge is -2.16. The van der Waals surface area contributed by atoms with Gasteiger partial charge in [0.25, 0.3) is 0 Å². The lowest BCUT2D eigenvalue weighted by molar-refractivity contribution is 0.274. The van der Waals surface area contributed by atoms with E-state index in [0.717, 1.165) is 37.3 Å². The third-order valence-electron chi connectivity index (χ3n) is 2.09. The van der Waals surface area contributed by atoms with E-state index in [1.807, 2.05) is 6.92 Å². The highest BCUT2D eigenvalue weighted by molar-refractivity contribution is 6.30. The predicted octanol–water partition coefficient (Wildman–Crippen LogP) is 2.02. The molecule has 1 aromatic rings. The molecule has 0 aliphatic carbocycles. The van der Waals surface area contributed by atoms with Crippen LogP contribution in [0.25, 0.3) is 0 Å². The van der Waals surface area contributed by atoms with Crippen LogP contribution in [0.5, 0.6) is 5.88 Å². The second-order valence-electron chi connectivity index (χ2n) is 3.02.